The van der Waals surface area contributed by atoms with Crippen LogP contribution in [0.15, 0.2) is 0 Å². The molecule has 4 nitrogen and oxygen atoms in total. The lowest BCUT2D eigenvalue weighted by Gasteiger charge is -1.96. The van der Waals surface area contributed by atoms with Crippen molar-refractivity contribution in [1.29, 1.82) is 0 Å². The van der Waals surface area contributed by atoms with E-state index in [-0.39, 0.29) is 13.2 Å². The molecule has 0 aromatic heterocycles. The Bertz CT molecular complexity index is 39.2. The minimum Gasteiger partial charge on any atom is -0.394 e. The first-order chi connectivity index (χ1) is 4.22. The van der Waals surface area contributed by atoms with E-state index in [9.17, 15) is 0 Å². The predicted octanol–water partition coefficient (Wildman–Crippen LogP) is -1.70. The van der Waals surface area contributed by atoms with Gasteiger partial charge in [0.05, 0.1) is 13.2 Å². The van der Waals surface area contributed by atoms with Gasteiger partial charge in [-0.3, -0.25) is 0 Å². The maximum atomic E-state index is 8.17. The zero-order chi connectivity index (χ0) is 7.70. The van der Waals surface area contributed by atoms with Crippen molar-refractivity contribution >= 4 is 0 Å². The van der Waals surface area contributed by atoms with Crippen molar-refractivity contribution in [3.63, 3.8) is 0 Å². The van der Waals surface area contributed by atoms with Crippen LogP contribution >= 0.6 is 0 Å². The third-order valence-corrected chi connectivity index (χ3v) is 0.421. The first kappa shape index (κ1) is 11.6. The zero-order valence-corrected chi connectivity index (χ0v) is 5.62. The molecule has 9 heavy (non-hydrogen) atoms. The molecule has 0 aliphatic heterocycles. The van der Waals surface area contributed by atoms with Gasteiger partial charge in [0.1, 0.15) is 6.10 Å². The topological polar surface area (TPSA) is 86.7 Å². The van der Waals surface area contributed by atoms with Crippen molar-refractivity contribution in [3.8, 4) is 0 Å². The molecule has 0 amide bonds. The molecule has 0 saturated carbocycles. The molecule has 0 atom stereocenters. The highest BCUT2D eigenvalue weighted by molar-refractivity contribution is 4.43. The fourth-order valence-corrected chi connectivity index (χ4v) is 0.0577. The van der Waals surface area contributed by atoms with E-state index in [1.807, 2.05) is 6.92 Å². The molecule has 0 rings (SSSR count). The lowest BCUT2D eigenvalue weighted by atomic mass is 10.4. The summed E-state index contributed by atoms with van der Waals surface area (Å²) >= 11 is 0. The summed E-state index contributed by atoms with van der Waals surface area (Å²) in [5.41, 5.74) is 4.85. The standard InChI is InChI=1S/C3H8O3.C2H7N/c4-1-3(6)2-5;1-2-3/h3-6H,1-2H2;2-3H2,1H3. The number of aliphatic hydroxyl groups is 3. The SMILES string of the molecule is CCN.OCC(O)CO. The van der Waals surface area contributed by atoms with Gasteiger partial charge >= 0.3 is 0 Å². The summed E-state index contributed by atoms with van der Waals surface area (Å²) in [5, 5.41) is 24.0. The third kappa shape index (κ3) is 18.1. The molecular formula is C5H15NO3. The second-order valence-electron chi connectivity index (χ2n) is 1.43. The van der Waals surface area contributed by atoms with E-state index in [0.29, 0.717) is 0 Å². The van der Waals surface area contributed by atoms with Crippen LogP contribution in [-0.2, 0) is 0 Å². The van der Waals surface area contributed by atoms with Gasteiger partial charge in [-0.2, -0.15) is 0 Å². The van der Waals surface area contributed by atoms with E-state index in [0.717, 1.165) is 6.54 Å². The van der Waals surface area contributed by atoms with Crippen LogP contribution in [0.1, 0.15) is 6.92 Å². The maximum Gasteiger partial charge on any atom is 0.100 e. The van der Waals surface area contributed by atoms with E-state index in [1.54, 1.807) is 0 Å². The fourth-order valence-electron chi connectivity index (χ4n) is 0.0577. The van der Waals surface area contributed by atoms with E-state index in [2.05, 4.69) is 0 Å². The summed E-state index contributed by atoms with van der Waals surface area (Å²) in [4.78, 5) is 0. The highest BCUT2D eigenvalue weighted by Gasteiger charge is 1.93. The fraction of sp³-hybridized carbons (Fsp3) is 1.00. The number of hydrogen-bond donors (Lipinski definition) is 4. The molecule has 0 aromatic rings. The Labute approximate surface area is 54.9 Å². The van der Waals surface area contributed by atoms with Crippen molar-refractivity contribution in [2.75, 3.05) is 19.8 Å². The van der Waals surface area contributed by atoms with Crippen molar-refractivity contribution < 1.29 is 15.3 Å². The number of aliphatic hydroxyl groups excluding tert-OH is 3. The second kappa shape index (κ2) is 10.8. The molecule has 0 unspecified atom stereocenters. The summed E-state index contributed by atoms with van der Waals surface area (Å²) in [5.74, 6) is 0. The minimum absolute atomic E-state index is 0.365. The molecule has 0 bridgehead atoms. The Kier molecular flexibility index (Phi) is 13.9. The Morgan fingerprint density at radius 3 is 1.56 bits per heavy atom. The van der Waals surface area contributed by atoms with E-state index in [1.165, 1.54) is 0 Å². The first-order valence-electron chi connectivity index (χ1n) is 2.82. The average Bonchev–Trinajstić information content (AvgIpc) is 1.88. The van der Waals surface area contributed by atoms with Gasteiger partial charge in [-0.25, -0.2) is 0 Å². The molecule has 4 heteroatoms. The molecule has 5 N–H and O–H groups in total. The molecular weight excluding hydrogens is 122 g/mol. The third-order valence-electron chi connectivity index (χ3n) is 0.421. The van der Waals surface area contributed by atoms with Crippen LogP contribution in [0.5, 0.6) is 0 Å². The molecule has 58 valence electrons. The zero-order valence-electron chi connectivity index (χ0n) is 5.62. The second-order valence-corrected chi connectivity index (χ2v) is 1.43. The van der Waals surface area contributed by atoms with Crippen LogP contribution < -0.4 is 5.73 Å². The predicted molar refractivity (Wildman–Crippen MR) is 34.9 cm³/mol. The quantitative estimate of drug-likeness (QED) is 0.365. The summed E-state index contributed by atoms with van der Waals surface area (Å²) in [6, 6.07) is 0. The van der Waals surface area contributed by atoms with Crippen LogP contribution in [0.4, 0.5) is 0 Å². The van der Waals surface area contributed by atoms with Crippen LogP contribution in [-0.4, -0.2) is 41.2 Å². The lowest BCUT2D eigenvalue weighted by Crippen LogP contribution is -2.15. The van der Waals surface area contributed by atoms with E-state index in [4.69, 9.17) is 21.1 Å². The average molecular weight is 137 g/mol. The van der Waals surface area contributed by atoms with Gasteiger partial charge in [-0.05, 0) is 6.54 Å². The Morgan fingerprint density at radius 1 is 1.33 bits per heavy atom. The van der Waals surface area contributed by atoms with Gasteiger partial charge in [0, 0.05) is 0 Å². The number of hydrogen-bond acceptors (Lipinski definition) is 4. The smallest absolute Gasteiger partial charge is 0.100 e. The van der Waals surface area contributed by atoms with Gasteiger partial charge in [0.15, 0.2) is 0 Å². The Balaban J connectivity index is 0. The largest absolute Gasteiger partial charge is 0.394 e. The lowest BCUT2D eigenvalue weighted by molar-refractivity contribution is 0.0450. The molecule has 0 radical (unpaired) electrons. The summed E-state index contributed by atoms with van der Waals surface area (Å²) in [7, 11) is 0. The van der Waals surface area contributed by atoms with Gasteiger partial charge in [0.2, 0.25) is 0 Å². The van der Waals surface area contributed by atoms with Crippen LogP contribution in [0, 0.1) is 0 Å². The summed E-state index contributed by atoms with van der Waals surface area (Å²) in [6.07, 6.45) is -0.954. The van der Waals surface area contributed by atoms with Crippen molar-refractivity contribution in [1.82, 2.24) is 0 Å². The maximum absolute atomic E-state index is 8.17. The van der Waals surface area contributed by atoms with Crippen molar-refractivity contribution in [2.45, 2.75) is 13.0 Å². The Hall–Kier alpha value is -0.160. The van der Waals surface area contributed by atoms with Gasteiger partial charge in [-0.1, -0.05) is 6.92 Å². The Morgan fingerprint density at radius 2 is 1.56 bits per heavy atom. The van der Waals surface area contributed by atoms with Gasteiger partial charge < -0.3 is 21.1 Å². The van der Waals surface area contributed by atoms with Crippen molar-refractivity contribution in [2.24, 2.45) is 5.73 Å². The normalized spacial score (nSPS) is 8.67. The molecule has 0 aliphatic rings. The number of rotatable bonds is 2. The molecule has 0 aliphatic carbocycles. The van der Waals surface area contributed by atoms with E-state index >= 15 is 0 Å². The summed E-state index contributed by atoms with van der Waals surface area (Å²) in [6.45, 7) is 1.92. The highest BCUT2D eigenvalue weighted by atomic mass is 16.3. The van der Waals surface area contributed by atoms with Crippen LogP contribution in [0.25, 0.3) is 0 Å². The van der Waals surface area contributed by atoms with Gasteiger partial charge in [0.25, 0.3) is 0 Å². The van der Waals surface area contributed by atoms with Gasteiger partial charge in [-0.15, -0.1) is 0 Å². The van der Waals surface area contributed by atoms with Crippen LogP contribution in [0.3, 0.4) is 0 Å². The molecule has 0 heterocycles. The van der Waals surface area contributed by atoms with Crippen molar-refractivity contribution in [3.05, 3.63) is 0 Å². The van der Waals surface area contributed by atoms with Crippen LogP contribution in [0.2, 0.25) is 0 Å². The first-order valence-corrected chi connectivity index (χ1v) is 2.82. The molecule has 0 saturated heterocycles. The molecule has 0 spiro atoms. The summed E-state index contributed by atoms with van der Waals surface area (Å²) < 4.78 is 0. The highest BCUT2D eigenvalue weighted by Crippen LogP contribution is 1.71. The van der Waals surface area contributed by atoms with E-state index < -0.39 is 6.10 Å². The molecule has 0 aromatic carbocycles. The molecule has 0 fully saturated rings. The number of nitrogens with two attached hydrogens (primary N) is 1. The minimum atomic E-state index is -0.954. The monoisotopic (exact) mass is 137 g/mol.